The summed E-state index contributed by atoms with van der Waals surface area (Å²) < 4.78 is 37.1. The van der Waals surface area contributed by atoms with Crippen LogP contribution < -0.4 is 14.8 Å². The zero-order valence-electron chi connectivity index (χ0n) is 10.6. The van der Waals surface area contributed by atoms with E-state index in [1.807, 2.05) is 0 Å². The molecule has 2 aliphatic heterocycles. The summed E-state index contributed by atoms with van der Waals surface area (Å²) in [7, 11) is 0. The van der Waals surface area contributed by atoms with Crippen LogP contribution in [0.25, 0.3) is 0 Å². The smallest absolute Gasteiger partial charge is 0.263 e. The predicted molar refractivity (Wildman–Crippen MR) is 67.2 cm³/mol. The number of ether oxygens (including phenoxy) is 2. The highest BCUT2D eigenvalue weighted by Crippen LogP contribution is 2.42. The molecule has 0 aliphatic carbocycles. The predicted octanol–water partition coefficient (Wildman–Crippen LogP) is 2.86. The van der Waals surface area contributed by atoms with Gasteiger partial charge in [-0.2, -0.15) is 0 Å². The van der Waals surface area contributed by atoms with Gasteiger partial charge in [-0.3, -0.25) is 0 Å². The maximum absolute atomic E-state index is 13.0. The lowest BCUT2D eigenvalue weighted by Crippen LogP contribution is -2.29. The maximum atomic E-state index is 13.0. The fourth-order valence-corrected chi connectivity index (χ4v) is 2.75. The molecule has 5 heteroatoms. The zero-order chi connectivity index (χ0) is 13.2. The van der Waals surface area contributed by atoms with Crippen molar-refractivity contribution in [1.29, 1.82) is 0 Å². The Morgan fingerprint density at radius 2 is 2.05 bits per heavy atom. The van der Waals surface area contributed by atoms with Gasteiger partial charge < -0.3 is 14.8 Å². The summed E-state index contributed by atoms with van der Waals surface area (Å²) in [5, 5.41) is 3.30. The van der Waals surface area contributed by atoms with Crippen molar-refractivity contribution >= 4 is 0 Å². The van der Waals surface area contributed by atoms with Crippen molar-refractivity contribution in [2.75, 3.05) is 26.3 Å². The average molecular weight is 269 g/mol. The Morgan fingerprint density at radius 3 is 2.79 bits per heavy atom. The van der Waals surface area contributed by atoms with Crippen LogP contribution in [0, 0.1) is 0 Å². The van der Waals surface area contributed by atoms with E-state index in [0.717, 1.165) is 31.5 Å². The minimum Gasteiger partial charge on any atom is -0.486 e. The summed E-state index contributed by atoms with van der Waals surface area (Å²) in [5.74, 6) is 1.34. The molecular weight excluding hydrogens is 252 g/mol. The third-order valence-electron chi connectivity index (χ3n) is 3.68. The molecule has 1 fully saturated rings. The highest BCUT2D eigenvalue weighted by molar-refractivity contribution is 5.52. The van der Waals surface area contributed by atoms with Gasteiger partial charge in [0.2, 0.25) is 0 Å². The Hall–Kier alpha value is -1.36. The van der Waals surface area contributed by atoms with Gasteiger partial charge in [-0.05, 0) is 31.5 Å². The number of rotatable bonds is 2. The molecule has 0 saturated carbocycles. The van der Waals surface area contributed by atoms with E-state index >= 15 is 0 Å². The van der Waals surface area contributed by atoms with Gasteiger partial charge in [0.15, 0.2) is 11.5 Å². The topological polar surface area (TPSA) is 30.5 Å². The molecule has 0 aromatic heterocycles. The molecule has 2 aliphatic rings. The van der Waals surface area contributed by atoms with Gasteiger partial charge >= 0.3 is 0 Å². The molecule has 2 heterocycles. The van der Waals surface area contributed by atoms with Crippen LogP contribution >= 0.6 is 0 Å². The average Bonchev–Trinajstić information content (AvgIpc) is 2.47. The number of nitrogens with one attached hydrogen (secondary N) is 1. The Balaban J connectivity index is 2.01. The molecule has 0 radical (unpaired) electrons. The van der Waals surface area contributed by atoms with Crippen LogP contribution in [0.3, 0.4) is 0 Å². The molecule has 1 N–H and O–H groups in total. The van der Waals surface area contributed by atoms with Crippen molar-refractivity contribution in [3.8, 4) is 11.5 Å². The Morgan fingerprint density at radius 1 is 1.21 bits per heavy atom. The van der Waals surface area contributed by atoms with E-state index in [-0.39, 0.29) is 11.5 Å². The number of hydrogen-bond acceptors (Lipinski definition) is 3. The quantitative estimate of drug-likeness (QED) is 0.895. The first-order valence-corrected chi connectivity index (χ1v) is 6.68. The van der Waals surface area contributed by atoms with Crippen LogP contribution in [0.1, 0.15) is 36.3 Å². The lowest BCUT2D eigenvalue weighted by Gasteiger charge is -2.28. The van der Waals surface area contributed by atoms with E-state index in [9.17, 15) is 8.78 Å². The molecule has 104 valence electrons. The molecule has 3 rings (SSSR count). The number of halogens is 2. The summed E-state index contributed by atoms with van der Waals surface area (Å²) in [6.45, 7) is 2.70. The van der Waals surface area contributed by atoms with Crippen LogP contribution in [0.4, 0.5) is 8.78 Å². The monoisotopic (exact) mass is 269 g/mol. The fourth-order valence-electron chi connectivity index (χ4n) is 2.75. The molecule has 0 bridgehead atoms. The summed E-state index contributed by atoms with van der Waals surface area (Å²) >= 11 is 0. The Labute approximate surface area is 110 Å². The van der Waals surface area contributed by atoms with Gasteiger partial charge in [-0.15, -0.1) is 0 Å². The van der Waals surface area contributed by atoms with E-state index in [1.54, 1.807) is 6.07 Å². The maximum Gasteiger partial charge on any atom is 0.263 e. The number of benzene rings is 1. The molecule has 1 atom stereocenters. The molecule has 0 amide bonds. The van der Waals surface area contributed by atoms with Crippen LogP contribution in [0.15, 0.2) is 12.1 Å². The standard InChI is InChI=1S/C14H17F2NO2/c15-14(16)10-6-11(9-2-1-3-17-8-9)13-12(7-10)18-4-5-19-13/h6-7,9,14,17H,1-5,8H2. The molecule has 3 nitrogen and oxygen atoms in total. The first-order chi connectivity index (χ1) is 9.25. The van der Waals surface area contributed by atoms with Gasteiger partial charge in [0, 0.05) is 23.6 Å². The third kappa shape index (κ3) is 2.52. The summed E-state index contributed by atoms with van der Waals surface area (Å²) in [6.07, 6.45) is -0.430. The first-order valence-electron chi connectivity index (χ1n) is 6.68. The van der Waals surface area contributed by atoms with Crippen LogP contribution in [0.2, 0.25) is 0 Å². The molecule has 1 saturated heterocycles. The minimum atomic E-state index is -2.48. The van der Waals surface area contributed by atoms with Gasteiger partial charge in [0.05, 0.1) is 0 Å². The second-order valence-corrected chi connectivity index (χ2v) is 4.98. The summed E-state index contributed by atoms with van der Waals surface area (Å²) in [6, 6.07) is 2.98. The van der Waals surface area contributed by atoms with Gasteiger partial charge in [0.25, 0.3) is 6.43 Å². The normalized spacial score (nSPS) is 22.6. The largest absolute Gasteiger partial charge is 0.486 e. The van der Waals surface area contributed by atoms with E-state index in [2.05, 4.69) is 5.32 Å². The molecule has 1 aromatic carbocycles. The van der Waals surface area contributed by atoms with Crippen molar-refractivity contribution in [2.24, 2.45) is 0 Å². The van der Waals surface area contributed by atoms with Crippen molar-refractivity contribution in [2.45, 2.75) is 25.2 Å². The zero-order valence-corrected chi connectivity index (χ0v) is 10.6. The van der Waals surface area contributed by atoms with Crippen LogP contribution in [0.5, 0.6) is 11.5 Å². The fraction of sp³-hybridized carbons (Fsp3) is 0.571. The molecule has 1 unspecified atom stereocenters. The molecule has 0 spiro atoms. The number of alkyl halides is 2. The number of hydrogen-bond donors (Lipinski definition) is 1. The van der Waals surface area contributed by atoms with Crippen molar-refractivity contribution in [1.82, 2.24) is 5.32 Å². The van der Waals surface area contributed by atoms with Crippen molar-refractivity contribution in [3.05, 3.63) is 23.3 Å². The molecule has 1 aromatic rings. The SMILES string of the molecule is FC(F)c1cc2c(c(C3CCCNC3)c1)OCCO2. The Bertz CT molecular complexity index is 459. The van der Waals surface area contributed by atoms with Crippen LogP contribution in [-0.4, -0.2) is 26.3 Å². The highest BCUT2D eigenvalue weighted by atomic mass is 19.3. The highest BCUT2D eigenvalue weighted by Gasteiger charge is 2.26. The lowest BCUT2D eigenvalue weighted by molar-refractivity contribution is 0.146. The Kier molecular flexibility index (Phi) is 3.55. The van der Waals surface area contributed by atoms with Crippen molar-refractivity contribution < 1.29 is 18.3 Å². The molecule has 19 heavy (non-hydrogen) atoms. The second-order valence-electron chi connectivity index (χ2n) is 4.98. The van der Waals surface area contributed by atoms with Crippen LogP contribution in [-0.2, 0) is 0 Å². The van der Waals surface area contributed by atoms with E-state index in [0.29, 0.717) is 24.7 Å². The second kappa shape index (κ2) is 5.33. The minimum absolute atomic E-state index is 0.0184. The summed E-state index contributed by atoms with van der Waals surface area (Å²) in [5.41, 5.74) is 0.879. The lowest BCUT2D eigenvalue weighted by atomic mass is 9.89. The summed E-state index contributed by atoms with van der Waals surface area (Å²) in [4.78, 5) is 0. The first kappa shape index (κ1) is 12.7. The van der Waals surface area contributed by atoms with Gasteiger partial charge in [0.1, 0.15) is 13.2 Å². The number of piperidine rings is 1. The third-order valence-corrected chi connectivity index (χ3v) is 3.68. The number of fused-ring (bicyclic) bond motifs is 1. The van der Waals surface area contributed by atoms with Crippen molar-refractivity contribution in [3.63, 3.8) is 0 Å². The van der Waals surface area contributed by atoms with E-state index < -0.39 is 6.43 Å². The molecular formula is C14H17F2NO2. The van der Waals surface area contributed by atoms with Gasteiger partial charge in [-0.25, -0.2) is 8.78 Å². The van der Waals surface area contributed by atoms with E-state index in [1.165, 1.54) is 6.07 Å². The van der Waals surface area contributed by atoms with Gasteiger partial charge in [-0.1, -0.05) is 0 Å². The van der Waals surface area contributed by atoms with E-state index in [4.69, 9.17) is 9.47 Å².